The lowest BCUT2D eigenvalue weighted by Crippen LogP contribution is -2.14. The van der Waals surface area contributed by atoms with Crippen molar-refractivity contribution in [3.8, 4) is 11.5 Å². The third-order valence-corrected chi connectivity index (χ3v) is 2.05. The molecule has 0 atom stereocenters. The van der Waals surface area contributed by atoms with Crippen LogP contribution in [0, 0.1) is 0 Å². The van der Waals surface area contributed by atoms with Crippen LogP contribution in [0.2, 0.25) is 0 Å². The monoisotopic (exact) mass is 177 g/mol. The summed E-state index contributed by atoms with van der Waals surface area (Å²) in [6, 6.07) is 5.29. The summed E-state index contributed by atoms with van der Waals surface area (Å²) < 4.78 is 5.36. The van der Waals surface area contributed by atoms with E-state index in [1.54, 1.807) is 12.1 Å². The molecule has 3 N–H and O–H groups in total. The van der Waals surface area contributed by atoms with E-state index in [2.05, 4.69) is 0 Å². The molecule has 68 valence electrons. The topological polar surface area (TPSA) is 55.5 Å². The van der Waals surface area contributed by atoms with Crippen LogP contribution >= 0.6 is 0 Å². The van der Waals surface area contributed by atoms with E-state index in [1.165, 1.54) is 0 Å². The van der Waals surface area contributed by atoms with Crippen LogP contribution in [0.3, 0.4) is 0 Å². The quantitative estimate of drug-likeness (QED) is 0.676. The van der Waals surface area contributed by atoms with Crippen molar-refractivity contribution >= 4 is 6.08 Å². The Bertz CT molecular complexity index is 358. The number of hydrogen-bond acceptors (Lipinski definition) is 3. The summed E-state index contributed by atoms with van der Waals surface area (Å²) in [5, 5.41) is 9.43. The molecule has 0 bridgehead atoms. The van der Waals surface area contributed by atoms with Gasteiger partial charge in [-0.2, -0.15) is 0 Å². The van der Waals surface area contributed by atoms with Gasteiger partial charge in [-0.25, -0.2) is 0 Å². The number of benzene rings is 1. The standard InChI is InChI=1S/C10H11NO2/c11-5-7-4-8-2-1-3-9(12)10(8)13-6-7/h1-4,12H,5-6,11H2. The molecular formula is C10H11NO2. The van der Waals surface area contributed by atoms with Gasteiger partial charge in [0.05, 0.1) is 0 Å². The number of phenolic OH excluding ortho intramolecular Hbond substituents is 1. The van der Waals surface area contributed by atoms with E-state index in [0.29, 0.717) is 18.9 Å². The van der Waals surface area contributed by atoms with Crippen molar-refractivity contribution in [1.29, 1.82) is 0 Å². The highest BCUT2D eigenvalue weighted by Gasteiger charge is 2.13. The van der Waals surface area contributed by atoms with Gasteiger partial charge in [-0.15, -0.1) is 0 Å². The average Bonchev–Trinajstić information content (AvgIpc) is 2.18. The van der Waals surface area contributed by atoms with Crippen molar-refractivity contribution in [3.05, 3.63) is 29.3 Å². The molecule has 1 heterocycles. The summed E-state index contributed by atoms with van der Waals surface area (Å²) >= 11 is 0. The molecule has 0 unspecified atom stereocenters. The lowest BCUT2D eigenvalue weighted by molar-refractivity contribution is 0.322. The predicted octanol–water partition coefficient (Wildman–Crippen LogP) is 1.13. The van der Waals surface area contributed by atoms with Crippen LogP contribution in [0.1, 0.15) is 5.56 Å². The first-order chi connectivity index (χ1) is 6.31. The van der Waals surface area contributed by atoms with Gasteiger partial charge in [0.15, 0.2) is 11.5 Å². The van der Waals surface area contributed by atoms with Crippen molar-refractivity contribution in [1.82, 2.24) is 0 Å². The summed E-state index contributed by atoms with van der Waals surface area (Å²) in [7, 11) is 0. The van der Waals surface area contributed by atoms with E-state index in [1.807, 2.05) is 12.1 Å². The van der Waals surface area contributed by atoms with Crippen LogP contribution in [-0.4, -0.2) is 18.3 Å². The second-order valence-electron chi connectivity index (χ2n) is 2.99. The van der Waals surface area contributed by atoms with Crippen molar-refractivity contribution in [2.75, 3.05) is 13.2 Å². The average molecular weight is 177 g/mol. The molecular weight excluding hydrogens is 166 g/mol. The summed E-state index contributed by atoms with van der Waals surface area (Å²) in [6.45, 7) is 0.968. The van der Waals surface area contributed by atoms with E-state index in [4.69, 9.17) is 10.5 Å². The Morgan fingerprint density at radius 3 is 3.08 bits per heavy atom. The zero-order valence-corrected chi connectivity index (χ0v) is 7.16. The zero-order chi connectivity index (χ0) is 9.26. The lowest BCUT2D eigenvalue weighted by Gasteiger charge is -2.17. The molecule has 0 aromatic heterocycles. The Labute approximate surface area is 76.4 Å². The zero-order valence-electron chi connectivity index (χ0n) is 7.16. The summed E-state index contributed by atoms with van der Waals surface area (Å²) in [5.41, 5.74) is 7.42. The Morgan fingerprint density at radius 1 is 1.46 bits per heavy atom. The summed E-state index contributed by atoms with van der Waals surface area (Å²) in [4.78, 5) is 0. The maximum absolute atomic E-state index is 9.43. The van der Waals surface area contributed by atoms with Gasteiger partial charge >= 0.3 is 0 Å². The molecule has 1 aliphatic rings. The Hall–Kier alpha value is -1.48. The normalized spacial score (nSPS) is 14.4. The Balaban J connectivity index is 2.47. The van der Waals surface area contributed by atoms with Gasteiger partial charge in [0.2, 0.25) is 0 Å². The van der Waals surface area contributed by atoms with E-state index >= 15 is 0 Å². The Morgan fingerprint density at radius 2 is 2.31 bits per heavy atom. The fourth-order valence-electron chi connectivity index (χ4n) is 1.36. The molecule has 0 amide bonds. The molecule has 0 aliphatic carbocycles. The van der Waals surface area contributed by atoms with Crippen molar-refractivity contribution in [2.24, 2.45) is 5.73 Å². The number of nitrogens with two attached hydrogens (primary N) is 1. The van der Waals surface area contributed by atoms with Crippen LogP contribution in [0.5, 0.6) is 11.5 Å². The first kappa shape index (κ1) is 8.13. The SMILES string of the molecule is NCC1=Cc2cccc(O)c2OC1. The van der Waals surface area contributed by atoms with Gasteiger partial charge in [0.1, 0.15) is 6.61 Å². The molecule has 2 rings (SSSR count). The highest BCUT2D eigenvalue weighted by molar-refractivity contribution is 5.66. The second-order valence-corrected chi connectivity index (χ2v) is 2.99. The molecule has 1 aromatic carbocycles. The van der Waals surface area contributed by atoms with Crippen molar-refractivity contribution in [3.63, 3.8) is 0 Å². The smallest absolute Gasteiger partial charge is 0.168 e. The Kier molecular flexibility index (Phi) is 1.94. The van der Waals surface area contributed by atoms with Gasteiger partial charge < -0.3 is 15.6 Å². The van der Waals surface area contributed by atoms with Crippen LogP contribution in [0.25, 0.3) is 6.08 Å². The third kappa shape index (κ3) is 1.38. The van der Waals surface area contributed by atoms with Crippen molar-refractivity contribution < 1.29 is 9.84 Å². The van der Waals surface area contributed by atoms with E-state index in [9.17, 15) is 5.11 Å². The molecule has 0 fully saturated rings. The molecule has 0 radical (unpaired) electrons. The largest absolute Gasteiger partial charge is 0.504 e. The molecule has 0 saturated heterocycles. The highest BCUT2D eigenvalue weighted by atomic mass is 16.5. The minimum Gasteiger partial charge on any atom is -0.504 e. The van der Waals surface area contributed by atoms with Gasteiger partial charge in [0, 0.05) is 12.1 Å². The number of phenols is 1. The van der Waals surface area contributed by atoms with Crippen LogP contribution in [0.15, 0.2) is 23.8 Å². The number of para-hydroxylation sites is 1. The van der Waals surface area contributed by atoms with Gasteiger partial charge in [-0.05, 0) is 17.7 Å². The highest BCUT2D eigenvalue weighted by Crippen LogP contribution is 2.34. The number of aromatic hydroxyl groups is 1. The molecule has 13 heavy (non-hydrogen) atoms. The summed E-state index contributed by atoms with van der Waals surface area (Å²) in [5.74, 6) is 0.740. The first-order valence-electron chi connectivity index (χ1n) is 4.15. The molecule has 0 spiro atoms. The first-order valence-corrected chi connectivity index (χ1v) is 4.15. The molecule has 0 saturated carbocycles. The minimum absolute atomic E-state index is 0.185. The number of rotatable bonds is 1. The minimum atomic E-state index is 0.185. The fourth-order valence-corrected chi connectivity index (χ4v) is 1.36. The third-order valence-electron chi connectivity index (χ3n) is 2.05. The molecule has 3 nitrogen and oxygen atoms in total. The van der Waals surface area contributed by atoms with Gasteiger partial charge in [0.25, 0.3) is 0 Å². The van der Waals surface area contributed by atoms with Crippen LogP contribution in [0.4, 0.5) is 0 Å². The van der Waals surface area contributed by atoms with E-state index in [-0.39, 0.29) is 5.75 Å². The maximum Gasteiger partial charge on any atom is 0.168 e. The second kappa shape index (κ2) is 3.11. The number of ether oxygens (including phenoxy) is 1. The molecule has 3 heteroatoms. The van der Waals surface area contributed by atoms with Gasteiger partial charge in [-0.1, -0.05) is 12.1 Å². The molecule has 1 aliphatic heterocycles. The van der Waals surface area contributed by atoms with Crippen LogP contribution in [-0.2, 0) is 0 Å². The molecule has 1 aromatic rings. The van der Waals surface area contributed by atoms with Crippen molar-refractivity contribution in [2.45, 2.75) is 0 Å². The predicted molar refractivity (Wildman–Crippen MR) is 50.6 cm³/mol. The lowest BCUT2D eigenvalue weighted by atomic mass is 10.1. The van der Waals surface area contributed by atoms with Crippen LogP contribution < -0.4 is 10.5 Å². The van der Waals surface area contributed by atoms with E-state index < -0.39 is 0 Å². The fraction of sp³-hybridized carbons (Fsp3) is 0.200. The van der Waals surface area contributed by atoms with Gasteiger partial charge in [-0.3, -0.25) is 0 Å². The van der Waals surface area contributed by atoms with E-state index in [0.717, 1.165) is 11.1 Å². The number of fused-ring (bicyclic) bond motifs is 1. The maximum atomic E-state index is 9.43. The number of hydrogen-bond donors (Lipinski definition) is 2. The summed E-state index contributed by atoms with van der Waals surface area (Å²) in [6.07, 6.45) is 1.96.